The van der Waals surface area contributed by atoms with E-state index in [0.29, 0.717) is 5.69 Å². The third-order valence-electron chi connectivity index (χ3n) is 3.27. The third-order valence-corrected chi connectivity index (χ3v) is 3.50. The number of halogens is 1. The van der Waals surface area contributed by atoms with Crippen LogP contribution in [0.25, 0.3) is 0 Å². The van der Waals surface area contributed by atoms with E-state index >= 15 is 0 Å². The number of nitro benzene ring substituents is 1. The van der Waals surface area contributed by atoms with Crippen LogP contribution in [0.4, 0.5) is 11.4 Å². The Kier molecular flexibility index (Phi) is 5.18. The van der Waals surface area contributed by atoms with Crippen LogP contribution >= 0.6 is 11.6 Å². The van der Waals surface area contributed by atoms with Crippen LogP contribution in [0.5, 0.6) is 5.75 Å². The SMILES string of the molecule is Cc1ccc(NC(=O)COc2ccc(Cl)cc2[N+](=O)[O-])cc1C. The van der Waals surface area contributed by atoms with Crippen molar-refractivity contribution in [2.24, 2.45) is 0 Å². The fourth-order valence-electron chi connectivity index (χ4n) is 1.91. The van der Waals surface area contributed by atoms with Gasteiger partial charge in [-0.25, -0.2) is 0 Å². The minimum Gasteiger partial charge on any atom is -0.477 e. The van der Waals surface area contributed by atoms with E-state index in [9.17, 15) is 14.9 Å². The molecule has 0 spiro atoms. The summed E-state index contributed by atoms with van der Waals surface area (Å²) in [6.45, 7) is 3.58. The highest BCUT2D eigenvalue weighted by Gasteiger charge is 2.16. The molecule has 0 aliphatic rings. The van der Waals surface area contributed by atoms with Gasteiger partial charge in [-0.2, -0.15) is 0 Å². The van der Waals surface area contributed by atoms with Crippen molar-refractivity contribution in [1.82, 2.24) is 0 Å². The van der Waals surface area contributed by atoms with Crippen LogP contribution in [0.1, 0.15) is 11.1 Å². The van der Waals surface area contributed by atoms with E-state index in [4.69, 9.17) is 16.3 Å². The number of anilines is 1. The molecule has 0 aliphatic heterocycles. The van der Waals surface area contributed by atoms with Gasteiger partial charge in [-0.1, -0.05) is 17.7 Å². The lowest BCUT2D eigenvalue weighted by atomic mass is 10.1. The fourth-order valence-corrected chi connectivity index (χ4v) is 2.08. The van der Waals surface area contributed by atoms with Gasteiger partial charge in [0.15, 0.2) is 12.4 Å². The van der Waals surface area contributed by atoms with E-state index < -0.39 is 10.8 Å². The molecule has 1 amide bonds. The quantitative estimate of drug-likeness (QED) is 0.664. The molecule has 0 aliphatic carbocycles. The number of carbonyl (C=O) groups excluding carboxylic acids is 1. The lowest BCUT2D eigenvalue weighted by molar-refractivity contribution is -0.385. The molecule has 0 saturated heterocycles. The van der Waals surface area contributed by atoms with Crippen LogP contribution in [0.2, 0.25) is 5.02 Å². The van der Waals surface area contributed by atoms with E-state index in [2.05, 4.69) is 5.32 Å². The summed E-state index contributed by atoms with van der Waals surface area (Å²) in [5.41, 5.74) is 2.54. The predicted molar refractivity (Wildman–Crippen MR) is 88.1 cm³/mol. The molecular weight excluding hydrogens is 320 g/mol. The van der Waals surface area contributed by atoms with Gasteiger partial charge in [0.2, 0.25) is 0 Å². The molecule has 1 N–H and O–H groups in total. The molecule has 6 nitrogen and oxygen atoms in total. The highest BCUT2D eigenvalue weighted by molar-refractivity contribution is 6.30. The number of nitrogens with one attached hydrogen (secondary N) is 1. The number of aryl methyl sites for hydroxylation is 2. The second-order valence-corrected chi connectivity index (χ2v) is 5.44. The minimum atomic E-state index is -0.609. The van der Waals surface area contributed by atoms with E-state index in [1.807, 2.05) is 26.0 Å². The average Bonchev–Trinajstić information content (AvgIpc) is 2.49. The Balaban J connectivity index is 2.02. The first-order valence-corrected chi connectivity index (χ1v) is 7.18. The van der Waals surface area contributed by atoms with Crippen molar-refractivity contribution in [3.63, 3.8) is 0 Å². The van der Waals surface area contributed by atoms with Gasteiger partial charge in [0.1, 0.15) is 0 Å². The second kappa shape index (κ2) is 7.11. The molecule has 7 heteroatoms. The lowest BCUT2D eigenvalue weighted by Crippen LogP contribution is -2.20. The zero-order valence-electron chi connectivity index (χ0n) is 12.6. The molecule has 120 valence electrons. The van der Waals surface area contributed by atoms with Crippen molar-refractivity contribution in [3.8, 4) is 5.75 Å². The van der Waals surface area contributed by atoms with Crippen LogP contribution in [0.15, 0.2) is 36.4 Å². The maximum absolute atomic E-state index is 11.9. The zero-order chi connectivity index (χ0) is 17.0. The fraction of sp³-hybridized carbons (Fsp3) is 0.188. The lowest BCUT2D eigenvalue weighted by Gasteiger charge is -2.09. The molecule has 0 saturated carbocycles. The molecule has 0 fully saturated rings. The summed E-state index contributed by atoms with van der Waals surface area (Å²) >= 11 is 5.72. The Morgan fingerprint density at radius 2 is 1.96 bits per heavy atom. The van der Waals surface area contributed by atoms with Crippen molar-refractivity contribution in [3.05, 3.63) is 62.7 Å². The summed E-state index contributed by atoms with van der Waals surface area (Å²) < 4.78 is 5.23. The van der Waals surface area contributed by atoms with Gasteiger partial charge in [-0.3, -0.25) is 14.9 Å². The molecule has 0 aromatic heterocycles. The molecular formula is C16H15ClN2O4. The Labute approximate surface area is 138 Å². The van der Waals surface area contributed by atoms with Gasteiger partial charge in [0.05, 0.1) is 4.92 Å². The summed E-state index contributed by atoms with van der Waals surface area (Å²) in [4.78, 5) is 22.2. The summed E-state index contributed by atoms with van der Waals surface area (Å²) in [6.07, 6.45) is 0. The first-order valence-electron chi connectivity index (χ1n) is 6.80. The van der Waals surface area contributed by atoms with Crippen LogP contribution in [0.3, 0.4) is 0 Å². The Bertz CT molecular complexity index is 762. The molecule has 23 heavy (non-hydrogen) atoms. The van der Waals surface area contributed by atoms with E-state index in [0.717, 1.165) is 11.1 Å². The number of rotatable bonds is 5. The van der Waals surface area contributed by atoms with E-state index in [1.54, 1.807) is 6.07 Å². The first kappa shape index (κ1) is 16.8. The molecule has 2 aromatic carbocycles. The first-order chi connectivity index (χ1) is 10.9. The zero-order valence-corrected chi connectivity index (χ0v) is 13.4. The van der Waals surface area contributed by atoms with Crippen LogP contribution in [-0.4, -0.2) is 17.4 Å². The van der Waals surface area contributed by atoms with Gasteiger partial charge in [0.25, 0.3) is 5.91 Å². The second-order valence-electron chi connectivity index (χ2n) is 5.01. The van der Waals surface area contributed by atoms with Gasteiger partial charge in [0, 0.05) is 16.8 Å². The van der Waals surface area contributed by atoms with Gasteiger partial charge < -0.3 is 10.1 Å². The molecule has 0 heterocycles. The van der Waals surface area contributed by atoms with Crippen LogP contribution in [0, 0.1) is 24.0 Å². The smallest absolute Gasteiger partial charge is 0.312 e. The normalized spacial score (nSPS) is 10.2. The van der Waals surface area contributed by atoms with Gasteiger partial charge in [-0.15, -0.1) is 0 Å². The Hall–Kier alpha value is -2.60. The largest absolute Gasteiger partial charge is 0.477 e. The van der Waals surface area contributed by atoms with Gasteiger partial charge >= 0.3 is 5.69 Å². The predicted octanol–water partition coefficient (Wildman–Crippen LogP) is 3.88. The highest BCUT2D eigenvalue weighted by Crippen LogP contribution is 2.29. The Morgan fingerprint density at radius 3 is 2.61 bits per heavy atom. The van der Waals surface area contributed by atoms with Crippen LogP contribution < -0.4 is 10.1 Å². The molecule has 2 rings (SSSR count). The summed E-state index contributed by atoms with van der Waals surface area (Å²) in [5.74, 6) is -0.410. The number of benzene rings is 2. The number of carbonyl (C=O) groups is 1. The van der Waals surface area contributed by atoms with Crippen molar-refractivity contribution in [1.29, 1.82) is 0 Å². The third kappa shape index (κ3) is 4.43. The topological polar surface area (TPSA) is 81.5 Å². The maximum atomic E-state index is 11.9. The van der Waals surface area contributed by atoms with E-state index in [-0.39, 0.29) is 23.1 Å². The molecule has 0 unspecified atom stereocenters. The molecule has 2 aromatic rings. The van der Waals surface area contributed by atoms with Crippen LogP contribution in [-0.2, 0) is 4.79 Å². The number of nitro groups is 1. The summed E-state index contributed by atoms with van der Waals surface area (Å²) in [6, 6.07) is 9.53. The van der Waals surface area contributed by atoms with Crippen molar-refractivity contribution >= 4 is 28.9 Å². The number of hydrogen-bond donors (Lipinski definition) is 1. The number of ether oxygens (including phenoxy) is 1. The maximum Gasteiger partial charge on any atom is 0.312 e. The summed E-state index contributed by atoms with van der Waals surface area (Å²) in [7, 11) is 0. The number of hydrogen-bond acceptors (Lipinski definition) is 4. The monoisotopic (exact) mass is 334 g/mol. The summed E-state index contributed by atoms with van der Waals surface area (Å²) in [5, 5.41) is 13.9. The standard InChI is InChI=1S/C16H15ClN2O4/c1-10-3-5-13(7-11(10)2)18-16(20)9-23-15-6-4-12(17)8-14(15)19(21)22/h3-8H,9H2,1-2H3,(H,18,20). The van der Waals surface area contributed by atoms with E-state index in [1.165, 1.54) is 18.2 Å². The highest BCUT2D eigenvalue weighted by atomic mass is 35.5. The van der Waals surface area contributed by atoms with Crippen molar-refractivity contribution in [2.45, 2.75) is 13.8 Å². The Morgan fingerprint density at radius 1 is 1.22 bits per heavy atom. The number of nitrogens with zero attached hydrogens (tertiary/aromatic N) is 1. The molecule has 0 radical (unpaired) electrons. The average molecular weight is 335 g/mol. The number of amides is 1. The van der Waals surface area contributed by atoms with Gasteiger partial charge in [-0.05, 0) is 49.2 Å². The van der Waals surface area contributed by atoms with Crippen molar-refractivity contribution < 1.29 is 14.5 Å². The molecule has 0 bridgehead atoms. The van der Waals surface area contributed by atoms with Crippen molar-refractivity contribution in [2.75, 3.05) is 11.9 Å². The minimum absolute atomic E-state index is 0.00497. The molecule has 0 atom stereocenters.